The molecule has 0 fully saturated rings. The molecule has 10 nitrogen and oxygen atoms in total. The first-order valence-corrected chi connectivity index (χ1v) is 12.3. The summed E-state index contributed by atoms with van der Waals surface area (Å²) in [7, 11) is -3.80. The van der Waals surface area contributed by atoms with E-state index in [-0.39, 0.29) is 10.8 Å². The number of fused-ring (bicyclic) bond motifs is 1. The number of nitrogen functional groups attached to an aromatic ring is 1. The molecule has 0 radical (unpaired) electrons. The summed E-state index contributed by atoms with van der Waals surface area (Å²) in [6.07, 6.45) is 0. The Kier molecular flexibility index (Phi) is 6.00. The largest absolute Gasteiger partial charge is 0.368 e. The van der Waals surface area contributed by atoms with Crippen molar-refractivity contribution in [1.29, 1.82) is 0 Å². The van der Waals surface area contributed by atoms with Gasteiger partial charge in [-0.05, 0) is 43.7 Å². The van der Waals surface area contributed by atoms with Gasteiger partial charge in [0.25, 0.3) is 0 Å². The molecule has 12 heteroatoms. The van der Waals surface area contributed by atoms with E-state index in [1.165, 1.54) is 23.9 Å². The van der Waals surface area contributed by atoms with Crippen LogP contribution in [0.2, 0.25) is 0 Å². The molecule has 5 N–H and O–H groups in total. The fourth-order valence-electron chi connectivity index (χ4n) is 3.20. The van der Waals surface area contributed by atoms with Crippen molar-refractivity contribution in [2.75, 3.05) is 11.1 Å². The maximum atomic E-state index is 11.7. The van der Waals surface area contributed by atoms with Crippen molar-refractivity contribution in [2.45, 2.75) is 36.2 Å². The second-order valence-corrected chi connectivity index (χ2v) is 9.50. The molecule has 32 heavy (non-hydrogen) atoms. The quantitative estimate of drug-likeness (QED) is 0.346. The molecule has 0 aliphatic carbocycles. The number of nitrogens with one attached hydrogen (secondary N) is 1. The highest BCUT2D eigenvalue weighted by molar-refractivity contribution is 7.98. The Labute approximate surface area is 189 Å². The van der Waals surface area contributed by atoms with Gasteiger partial charge in [-0.15, -0.1) is 0 Å². The number of imidazole rings is 1. The Morgan fingerprint density at radius 3 is 2.59 bits per heavy atom. The first-order chi connectivity index (χ1) is 15.2. The van der Waals surface area contributed by atoms with Gasteiger partial charge in [-0.25, -0.2) is 18.5 Å². The lowest BCUT2D eigenvalue weighted by molar-refractivity contribution is 0.598. The second kappa shape index (κ2) is 8.73. The Hall–Kier alpha value is -3.22. The van der Waals surface area contributed by atoms with Gasteiger partial charge in [0.2, 0.25) is 21.9 Å². The Bertz CT molecular complexity index is 1400. The number of aryl methyl sites for hydroxylation is 2. The van der Waals surface area contributed by atoms with Crippen LogP contribution in [0.25, 0.3) is 11.0 Å². The third-order valence-electron chi connectivity index (χ3n) is 4.75. The average Bonchev–Trinajstić information content (AvgIpc) is 3.09. The molecule has 2 aromatic heterocycles. The van der Waals surface area contributed by atoms with Crippen LogP contribution in [0.1, 0.15) is 18.3 Å². The van der Waals surface area contributed by atoms with Gasteiger partial charge in [-0.1, -0.05) is 30.0 Å². The van der Waals surface area contributed by atoms with E-state index in [1.54, 1.807) is 6.07 Å². The monoisotopic (exact) mass is 470 g/mol. The first-order valence-electron chi connectivity index (χ1n) is 9.73. The number of aromatic nitrogens is 5. The smallest absolute Gasteiger partial charge is 0.238 e. The number of anilines is 3. The van der Waals surface area contributed by atoms with Crippen molar-refractivity contribution in [1.82, 2.24) is 24.5 Å². The molecule has 0 unspecified atom stereocenters. The first kappa shape index (κ1) is 22.0. The molecule has 2 heterocycles. The van der Waals surface area contributed by atoms with Crippen molar-refractivity contribution < 1.29 is 8.42 Å². The van der Waals surface area contributed by atoms with Gasteiger partial charge in [0, 0.05) is 12.2 Å². The van der Waals surface area contributed by atoms with Crippen molar-refractivity contribution in [3.05, 3.63) is 53.9 Å². The number of thioether (sulfide) groups is 1. The van der Waals surface area contributed by atoms with Gasteiger partial charge >= 0.3 is 0 Å². The average molecular weight is 471 g/mol. The van der Waals surface area contributed by atoms with E-state index in [1.807, 2.05) is 42.7 Å². The van der Waals surface area contributed by atoms with E-state index < -0.39 is 10.0 Å². The van der Waals surface area contributed by atoms with Crippen LogP contribution in [0.4, 0.5) is 17.6 Å². The summed E-state index contributed by atoms with van der Waals surface area (Å²) in [4.78, 5) is 17.5. The maximum absolute atomic E-state index is 11.7. The standard InChI is InChI=1S/C20H22N8O2S2/c1-3-28-16-9-8-13(32(22,29)30)10-15(16)24-20(28)31-11-17-25-18(21)27-19(26-17)23-14-7-5-4-6-12(14)2/h4-10H,3,11H2,1-2H3,(H2,22,29,30)(H3,21,23,25,26,27). The van der Waals surface area contributed by atoms with E-state index in [4.69, 9.17) is 10.9 Å². The van der Waals surface area contributed by atoms with Crippen LogP contribution < -0.4 is 16.2 Å². The van der Waals surface area contributed by atoms with E-state index in [0.29, 0.717) is 34.7 Å². The molecular weight excluding hydrogens is 448 g/mol. The number of rotatable bonds is 7. The normalized spacial score (nSPS) is 11.7. The maximum Gasteiger partial charge on any atom is 0.238 e. The lowest BCUT2D eigenvalue weighted by atomic mass is 10.2. The third-order valence-corrected chi connectivity index (χ3v) is 6.63. The molecule has 4 aromatic rings. The summed E-state index contributed by atoms with van der Waals surface area (Å²) in [5.41, 5.74) is 9.20. The zero-order chi connectivity index (χ0) is 22.9. The molecule has 2 aromatic carbocycles. The molecule has 0 aliphatic rings. The minimum atomic E-state index is -3.80. The molecule has 0 saturated heterocycles. The Morgan fingerprint density at radius 1 is 1.09 bits per heavy atom. The molecule has 0 spiro atoms. The van der Waals surface area contributed by atoms with Crippen molar-refractivity contribution in [2.24, 2.45) is 5.14 Å². The Balaban J connectivity index is 1.59. The van der Waals surface area contributed by atoms with Gasteiger partial charge in [-0.2, -0.15) is 15.0 Å². The van der Waals surface area contributed by atoms with Crippen LogP contribution in [0.3, 0.4) is 0 Å². The SMILES string of the molecule is CCn1c(SCc2nc(N)nc(Nc3ccccc3C)n2)nc2cc(S(N)(=O)=O)ccc21. The number of hydrogen-bond donors (Lipinski definition) is 3. The summed E-state index contributed by atoms with van der Waals surface area (Å²) >= 11 is 1.43. The number of benzene rings is 2. The third kappa shape index (κ3) is 4.66. The van der Waals surface area contributed by atoms with Gasteiger partial charge in [-0.3, -0.25) is 0 Å². The number of sulfonamides is 1. The summed E-state index contributed by atoms with van der Waals surface area (Å²) in [5, 5.41) is 9.13. The zero-order valence-corrected chi connectivity index (χ0v) is 19.1. The van der Waals surface area contributed by atoms with Crippen LogP contribution in [0.15, 0.2) is 52.5 Å². The lowest BCUT2D eigenvalue weighted by Gasteiger charge is -2.09. The number of nitrogens with two attached hydrogens (primary N) is 2. The highest BCUT2D eigenvalue weighted by Gasteiger charge is 2.15. The predicted octanol–water partition coefficient (Wildman–Crippen LogP) is 2.82. The van der Waals surface area contributed by atoms with Crippen molar-refractivity contribution >= 4 is 50.4 Å². The Morgan fingerprint density at radius 2 is 1.88 bits per heavy atom. The number of hydrogen-bond acceptors (Lipinski definition) is 9. The predicted molar refractivity (Wildman–Crippen MR) is 125 cm³/mol. The minimum absolute atomic E-state index is 0.0273. The fraction of sp³-hybridized carbons (Fsp3) is 0.200. The second-order valence-electron chi connectivity index (χ2n) is 7.00. The number of primary sulfonamides is 1. The molecule has 0 saturated carbocycles. The van der Waals surface area contributed by atoms with Gasteiger partial charge in [0.05, 0.1) is 21.7 Å². The summed E-state index contributed by atoms with van der Waals surface area (Å²) < 4.78 is 25.3. The molecule has 0 bridgehead atoms. The molecule has 4 rings (SSSR count). The zero-order valence-electron chi connectivity index (χ0n) is 17.5. The van der Waals surface area contributed by atoms with Crippen LogP contribution >= 0.6 is 11.8 Å². The number of para-hydroxylation sites is 1. The summed E-state index contributed by atoms with van der Waals surface area (Å²) in [6, 6.07) is 12.5. The molecule has 0 aliphatic heterocycles. The van der Waals surface area contributed by atoms with Gasteiger partial charge < -0.3 is 15.6 Å². The highest BCUT2D eigenvalue weighted by atomic mass is 32.2. The lowest BCUT2D eigenvalue weighted by Crippen LogP contribution is -2.11. The van der Waals surface area contributed by atoms with E-state index >= 15 is 0 Å². The number of nitrogens with zero attached hydrogens (tertiary/aromatic N) is 5. The van der Waals surface area contributed by atoms with Crippen LogP contribution in [-0.4, -0.2) is 32.9 Å². The topological polar surface area (TPSA) is 155 Å². The summed E-state index contributed by atoms with van der Waals surface area (Å²) in [5.74, 6) is 1.39. The van der Waals surface area contributed by atoms with E-state index in [0.717, 1.165) is 16.8 Å². The molecule has 0 amide bonds. The van der Waals surface area contributed by atoms with Crippen LogP contribution in [0, 0.1) is 6.92 Å². The van der Waals surface area contributed by atoms with E-state index in [2.05, 4.69) is 25.3 Å². The highest BCUT2D eigenvalue weighted by Crippen LogP contribution is 2.28. The fourth-order valence-corrected chi connectivity index (χ4v) is 4.67. The van der Waals surface area contributed by atoms with E-state index in [9.17, 15) is 8.42 Å². The molecule has 0 atom stereocenters. The van der Waals surface area contributed by atoms with Crippen molar-refractivity contribution in [3.8, 4) is 0 Å². The minimum Gasteiger partial charge on any atom is -0.368 e. The summed E-state index contributed by atoms with van der Waals surface area (Å²) in [6.45, 7) is 4.64. The van der Waals surface area contributed by atoms with Crippen molar-refractivity contribution in [3.63, 3.8) is 0 Å². The van der Waals surface area contributed by atoms with Gasteiger partial charge in [0.15, 0.2) is 5.16 Å². The molecule has 166 valence electrons. The molecular formula is C20H22N8O2S2. The van der Waals surface area contributed by atoms with Crippen LogP contribution in [-0.2, 0) is 22.3 Å². The van der Waals surface area contributed by atoms with Gasteiger partial charge in [0.1, 0.15) is 5.82 Å². The van der Waals surface area contributed by atoms with Crippen LogP contribution in [0.5, 0.6) is 0 Å².